The average molecular weight is 481 g/mol. The first-order valence-corrected chi connectivity index (χ1v) is 12.0. The zero-order valence-corrected chi connectivity index (χ0v) is 20.1. The van der Waals surface area contributed by atoms with Gasteiger partial charge in [0.1, 0.15) is 6.04 Å². The number of carbonyl (C=O) groups excluding carboxylic acids is 2. The molecule has 2 atom stereocenters. The van der Waals surface area contributed by atoms with Crippen LogP contribution in [0.1, 0.15) is 31.0 Å². The van der Waals surface area contributed by atoms with Gasteiger partial charge < -0.3 is 19.5 Å². The number of guanidine groups is 1. The molecule has 2 aromatic carbocycles. The minimum atomic E-state index is -1.13. The van der Waals surface area contributed by atoms with E-state index in [0.717, 1.165) is 19.6 Å². The molecule has 2 aliphatic rings. The van der Waals surface area contributed by atoms with Gasteiger partial charge in [0.05, 0.1) is 13.2 Å². The van der Waals surface area contributed by atoms with Gasteiger partial charge in [0.25, 0.3) is 0 Å². The van der Waals surface area contributed by atoms with E-state index in [1.54, 1.807) is 19.1 Å². The summed E-state index contributed by atoms with van der Waals surface area (Å²) in [7, 11) is 0. The zero-order valence-electron chi connectivity index (χ0n) is 20.1. The van der Waals surface area contributed by atoms with Gasteiger partial charge in [-0.05, 0) is 37.1 Å². The summed E-state index contributed by atoms with van der Waals surface area (Å²) in [5, 5.41) is 12.9. The number of benzene rings is 2. The van der Waals surface area contributed by atoms with Gasteiger partial charge in [-0.25, -0.2) is 4.99 Å². The largest absolute Gasteiger partial charge is 0.504 e. The Balaban J connectivity index is 1.55. The van der Waals surface area contributed by atoms with Crippen LogP contribution in [0.4, 0.5) is 0 Å². The Morgan fingerprint density at radius 1 is 1.09 bits per heavy atom. The highest BCUT2D eigenvalue weighted by Gasteiger charge is 2.42. The summed E-state index contributed by atoms with van der Waals surface area (Å²) >= 11 is 0. The number of rotatable bonds is 7. The number of amides is 1. The summed E-state index contributed by atoms with van der Waals surface area (Å²) in [6, 6.07) is 14.3. The Labute approximate surface area is 205 Å². The van der Waals surface area contributed by atoms with Crippen LogP contribution in [0.15, 0.2) is 53.5 Å². The average Bonchev–Trinajstić information content (AvgIpc) is 2.86. The molecule has 9 nitrogen and oxygen atoms in total. The monoisotopic (exact) mass is 480 g/mol. The smallest absolute Gasteiger partial charge is 0.321 e. The van der Waals surface area contributed by atoms with E-state index in [-0.39, 0.29) is 18.1 Å². The van der Waals surface area contributed by atoms with E-state index in [4.69, 9.17) is 14.5 Å². The molecular formula is C26H32N4O5. The number of esters is 1. The number of piperazine rings is 1. The van der Waals surface area contributed by atoms with Crippen LogP contribution < -0.4 is 10.1 Å². The van der Waals surface area contributed by atoms with Crippen molar-refractivity contribution < 1.29 is 24.2 Å². The van der Waals surface area contributed by atoms with E-state index in [1.165, 1.54) is 11.6 Å². The molecule has 2 aromatic rings. The van der Waals surface area contributed by atoms with Crippen molar-refractivity contribution in [3.8, 4) is 11.5 Å². The van der Waals surface area contributed by atoms with Gasteiger partial charge >= 0.3 is 5.97 Å². The van der Waals surface area contributed by atoms with Crippen LogP contribution in [-0.4, -0.2) is 72.1 Å². The molecule has 1 fully saturated rings. The van der Waals surface area contributed by atoms with Gasteiger partial charge in [0, 0.05) is 32.7 Å². The summed E-state index contributed by atoms with van der Waals surface area (Å²) in [6.07, 6.45) is 0. The highest BCUT2D eigenvalue weighted by molar-refractivity contribution is 6.08. The van der Waals surface area contributed by atoms with Crippen molar-refractivity contribution in [3.63, 3.8) is 0 Å². The molecular weight excluding hydrogens is 448 g/mol. The van der Waals surface area contributed by atoms with Crippen molar-refractivity contribution >= 4 is 17.8 Å². The first-order valence-electron chi connectivity index (χ1n) is 12.0. The number of phenolic OH excluding ortho intramolecular Hbond substituents is 1. The fraction of sp³-hybridized carbons (Fsp3) is 0.423. The van der Waals surface area contributed by atoms with Crippen molar-refractivity contribution in [1.29, 1.82) is 0 Å². The zero-order chi connectivity index (χ0) is 24.8. The number of nitrogens with zero attached hydrogens (tertiary/aromatic N) is 3. The maximum absolute atomic E-state index is 13.1. The predicted octanol–water partition coefficient (Wildman–Crippen LogP) is 2.31. The van der Waals surface area contributed by atoms with Crippen molar-refractivity contribution in [2.24, 2.45) is 10.9 Å². The van der Waals surface area contributed by atoms with E-state index in [0.29, 0.717) is 31.2 Å². The maximum atomic E-state index is 13.1. The lowest BCUT2D eigenvalue weighted by molar-refractivity contribution is -0.153. The molecule has 1 saturated heterocycles. The lowest BCUT2D eigenvalue weighted by Gasteiger charge is -2.39. The number of ether oxygens (including phenoxy) is 2. The topological polar surface area (TPSA) is 104 Å². The van der Waals surface area contributed by atoms with Crippen molar-refractivity contribution in [3.05, 3.63) is 59.7 Å². The fourth-order valence-electron chi connectivity index (χ4n) is 4.41. The molecule has 1 amide bonds. The van der Waals surface area contributed by atoms with Gasteiger partial charge in [0.15, 0.2) is 17.4 Å². The van der Waals surface area contributed by atoms with E-state index in [1.807, 2.05) is 30.0 Å². The van der Waals surface area contributed by atoms with Gasteiger partial charge in [-0.15, -0.1) is 0 Å². The van der Waals surface area contributed by atoms with E-state index < -0.39 is 23.8 Å². The van der Waals surface area contributed by atoms with Crippen LogP contribution in [-0.2, 0) is 20.9 Å². The molecule has 0 unspecified atom stereocenters. The molecule has 4 rings (SSSR count). The quantitative estimate of drug-likeness (QED) is 0.463. The van der Waals surface area contributed by atoms with Crippen LogP contribution in [0, 0.1) is 5.92 Å². The predicted molar refractivity (Wildman–Crippen MR) is 131 cm³/mol. The van der Waals surface area contributed by atoms with Crippen LogP contribution in [0.25, 0.3) is 0 Å². The van der Waals surface area contributed by atoms with E-state index >= 15 is 0 Å². The maximum Gasteiger partial charge on any atom is 0.321 e. The standard InChI is InChI=1S/C26H32N4O5/c1-3-34-21-16-19(10-11-20(21)31)23-22(25(33)35-4-2)24(32)28-26(27-23)30-14-12-29(13-15-30)17-18-8-6-5-7-9-18/h5-11,16,22-23,31H,3-4,12-15,17H2,1-2H3,(H,27,28,32)/t22-,23-/m0/s1. The number of carbonyl (C=O) groups is 2. The minimum Gasteiger partial charge on any atom is -0.504 e. The highest BCUT2D eigenvalue weighted by atomic mass is 16.5. The van der Waals surface area contributed by atoms with Crippen LogP contribution in [0.5, 0.6) is 11.5 Å². The molecule has 0 bridgehead atoms. The molecule has 9 heteroatoms. The molecule has 0 saturated carbocycles. The Bertz CT molecular complexity index is 1070. The molecule has 186 valence electrons. The Morgan fingerprint density at radius 2 is 1.83 bits per heavy atom. The molecule has 0 aromatic heterocycles. The SMILES string of the molecule is CCOC(=O)[C@@H]1C(=O)NC(N2CCN(Cc3ccccc3)CC2)=N[C@H]1c1ccc(O)c(OCC)c1. The third kappa shape index (κ3) is 5.74. The van der Waals surface area contributed by atoms with Crippen molar-refractivity contribution in [2.45, 2.75) is 26.4 Å². The van der Waals surface area contributed by atoms with Gasteiger partial charge in [0.2, 0.25) is 11.9 Å². The Morgan fingerprint density at radius 3 is 2.51 bits per heavy atom. The second kappa shape index (κ2) is 11.2. The third-order valence-corrected chi connectivity index (χ3v) is 6.18. The summed E-state index contributed by atoms with van der Waals surface area (Å²) in [5.74, 6) is -1.48. The number of phenols is 1. The molecule has 2 heterocycles. The number of hydrogen-bond donors (Lipinski definition) is 2. The summed E-state index contributed by atoms with van der Waals surface area (Å²) in [6.45, 7) is 7.95. The van der Waals surface area contributed by atoms with Gasteiger partial charge in [-0.3, -0.25) is 19.8 Å². The van der Waals surface area contributed by atoms with Crippen molar-refractivity contribution in [2.75, 3.05) is 39.4 Å². The van der Waals surface area contributed by atoms with Gasteiger partial charge in [-0.2, -0.15) is 0 Å². The Hall–Kier alpha value is -3.59. The van der Waals surface area contributed by atoms with E-state index in [9.17, 15) is 14.7 Å². The second-order valence-corrected chi connectivity index (χ2v) is 8.53. The van der Waals surface area contributed by atoms with E-state index in [2.05, 4.69) is 22.3 Å². The lowest BCUT2D eigenvalue weighted by atomic mass is 9.91. The van der Waals surface area contributed by atoms with Crippen LogP contribution in [0.3, 0.4) is 0 Å². The minimum absolute atomic E-state index is 0.0118. The molecule has 0 spiro atoms. The first-order chi connectivity index (χ1) is 17.0. The number of aromatic hydroxyl groups is 1. The Kier molecular flexibility index (Phi) is 7.87. The normalized spacial score (nSPS) is 20.7. The molecule has 35 heavy (non-hydrogen) atoms. The molecule has 0 aliphatic carbocycles. The summed E-state index contributed by atoms with van der Waals surface area (Å²) < 4.78 is 10.7. The van der Waals surface area contributed by atoms with Crippen LogP contribution >= 0.6 is 0 Å². The highest BCUT2D eigenvalue weighted by Crippen LogP contribution is 2.36. The number of aliphatic imine (C=N–C) groups is 1. The van der Waals surface area contributed by atoms with Crippen molar-refractivity contribution in [1.82, 2.24) is 15.1 Å². The second-order valence-electron chi connectivity index (χ2n) is 8.53. The van der Waals surface area contributed by atoms with Crippen LogP contribution in [0.2, 0.25) is 0 Å². The molecule has 0 radical (unpaired) electrons. The summed E-state index contributed by atoms with van der Waals surface area (Å²) in [5.41, 5.74) is 1.86. The summed E-state index contributed by atoms with van der Waals surface area (Å²) in [4.78, 5) is 35.0. The lowest BCUT2D eigenvalue weighted by Crippen LogP contribution is -2.57. The van der Waals surface area contributed by atoms with Gasteiger partial charge in [-0.1, -0.05) is 36.4 Å². The molecule has 2 aliphatic heterocycles. The third-order valence-electron chi connectivity index (χ3n) is 6.18. The number of hydrogen-bond acceptors (Lipinski definition) is 8. The number of nitrogens with one attached hydrogen (secondary N) is 1. The first kappa shape index (κ1) is 24.5. The molecule has 2 N–H and O–H groups in total. The fourth-order valence-corrected chi connectivity index (χ4v) is 4.41.